The molecule has 0 aliphatic carbocycles. The first kappa shape index (κ1) is 14.7. The Balaban J connectivity index is 2.15. The SMILES string of the molecule is CCOc1cc(CCN)ccc1OC1CCN(C)C1=O. The molecule has 0 bridgehead atoms. The minimum absolute atomic E-state index is 0.0264. The van der Waals surface area contributed by atoms with Crippen molar-refractivity contribution in [1.82, 2.24) is 4.90 Å². The average molecular weight is 278 g/mol. The van der Waals surface area contributed by atoms with Crippen molar-refractivity contribution in [2.45, 2.75) is 25.9 Å². The zero-order valence-electron chi connectivity index (χ0n) is 12.1. The number of carbonyl (C=O) groups excluding carboxylic acids is 1. The predicted octanol–water partition coefficient (Wildman–Crippen LogP) is 1.20. The quantitative estimate of drug-likeness (QED) is 0.849. The van der Waals surface area contributed by atoms with Crippen molar-refractivity contribution in [1.29, 1.82) is 0 Å². The van der Waals surface area contributed by atoms with Crippen LogP contribution in [0.15, 0.2) is 18.2 Å². The van der Waals surface area contributed by atoms with E-state index in [0.717, 1.165) is 18.5 Å². The smallest absolute Gasteiger partial charge is 0.263 e. The van der Waals surface area contributed by atoms with E-state index in [2.05, 4.69) is 0 Å². The summed E-state index contributed by atoms with van der Waals surface area (Å²) >= 11 is 0. The van der Waals surface area contributed by atoms with Crippen LogP contribution in [0.3, 0.4) is 0 Å². The van der Waals surface area contributed by atoms with Crippen LogP contribution in [-0.2, 0) is 11.2 Å². The van der Waals surface area contributed by atoms with E-state index in [4.69, 9.17) is 15.2 Å². The monoisotopic (exact) mass is 278 g/mol. The van der Waals surface area contributed by atoms with E-state index >= 15 is 0 Å². The van der Waals surface area contributed by atoms with E-state index in [1.165, 1.54) is 0 Å². The number of carbonyl (C=O) groups is 1. The van der Waals surface area contributed by atoms with E-state index in [9.17, 15) is 4.79 Å². The standard InChI is InChI=1S/C15H22N2O3/c1-3-19-14-10-11(6-8-16)4-5-12(14)20-13-7-9-17(2)15(13)18/h4-5,10,13H,3,6-9,16H2,1-2H3. The Labute approximate surface area is 119 Å². The first-order valence-corrected chi connectivity index (χ1v) is 7.03. The Kier molecular flexibility index (Phi) is 4.84. The summed E-state index contributed by atoms with van der Waals surface area (Å²) in [6.07, 6.45) is 1.11. The van der Waals surface area contributed by atoms with Gasteiger partial charge in [-0.2, -0.15) is 0 Å². The third-order valence-electron chi connectivity index (χ3n) is 3.39. The van der Waals surface area contributed by atoms with Crippen LogP contribution in [0.5, 0.6) is 11.5 Å². The van der Waals surface area contributed by atoms with Crippen molar-refractivity contribution >= 4 is 5.91 Å². The van der Waals surface area contributed by atoms with Gasteiger partial charge in [-0.25, -0.2) is 0 Å². The number of likely N-dealkylation sites (tertiary alicyclic amines) is 1. The van der Waals surface area contributed by atoms with Crippen molar-refractivity contribution in [3.63, 3.8) is 0 Å². The van der Waals surface area contributed by atoms with Crippen LogP contribution in [0.4, 0.5) is 0 Å². The molecule has 0 radical (unpaired) electrons. The molecule has 2 N–H and O–H groups in total. The summed E-state index contributed by atoms with van der Waals surface area (Å²) in [6, 6.07) is 5.77. The Morgan fingerprint density at radius 1 is 1.40 bits per heavy atom. The summed E-state index contributed by atoms with van der Waals surface area (Å²) in [7, 11) is 1.79. The second-order valence-corrected chi connectivity index (χ2v) is 4.91. The maximum atomic E-state index is 11.9. The van der Waals surface area contributed by atoms with Gasteiger partial charge in [-0.1, -0.05) is 6.07 Å². The Morgan fingerprint density at radius 3 is 2.80 bits per heavy atom. The third-order valence-corrected chi connectivity index (χ3v) is 3.39. The highest BCUT2D eigenvalue weighted by Gasteiger charge is 2.31. The summed E-state index contributed by atoms with van der Waals surface area (Å²) in [6.45, 7) is 3.81. The summed E-state index contributed by atoms with van der Waals surface area (Å²) in [5, 5.41) is 0. The number of amides is 1. The van der Waals surface area contributed by atoms with E-state index < -0.39 is 6.10 Å². The van der Waals surface area contributed by atoms with E-state index in [-0.39, 0.29) is 5.91 Å². The molecule has 1 amide bonds. The van der Waals surface area contributed by atoms with E-state index in [1.54, 1.807) is 11.9 Å². The number of nitrogens with zero attached hydrogens (tertiary/aromatic N) is 1. The van der Waals surface area contributed by atoms with E-state index in [1.807, 2.05) is 25.1 Å². The minimum Gasteiger partial charge on any atom is -0.490 e. The largest absolute Gasteiger partial charge is 0.490 e. The van der Waals surface area contributed by atoms with Crippen molar-refractivity contribution in [3.05, 3.63) is 23.8 Å². The predicted molar refractivity (Wildman–Crippen MR) is 77.0 cm³/mol. The van der Waals surface area contributed by atoms with Gasteiger partial charge in [0, 0.05) is 20.0 Å². The molecule has 1 saturated heterocycles. The van der Waals surface area contributed by atoms with Gasteiger partial charge in [0.1, 0.15) is 0 Å². The summed E-state index contributed by atoms with van der Waals surface area (Å²) in [5.41, 5.74) is 6.68. The summed E-state index contributed by atoms with van der Waals surface area (Å²) in [4.78, 5) is 13.6. The highest BCUT2D eigenvalue weighted by atomic mass is 16.5. The molecular formula is C15H22N2O3. The van der Waals surface area contributed by atoms with Gasteiger partial charge in [-0.3, -0.25) is 4.79 Å². The highest BCUT2D eigenvalue weighted by Crippen LogP contribution is 2.31. The zero-order chi connectivity index (χ0) is 14.5. The molecule has 1 aliphatic heterocycles. The van der Waals surface area contributed by atoms with Crippen LogP contribution in [-0.4, -0.2) is 43.7 Å². The Morgan fingerprint density at radius 2 is 2.20 bits per heavy atom. The molecule has 1 aromatic rings. The minimum atomic E-state index is -0.403. The molecule has 5 nitrogen and oxygen atoms in total. The molecule has 0 saturated carbocycles. The van der Waals surface area contributed by atoms with Gasteiger partial charge in [0.15, 0.2) is 17.6 Å². The van der Waals surface area contributed by atoms with Gasteiger partial charge in [-0.15, -0.1) is 0 Å². The highest BCUT2D eigenvalue weighted by molar-refractivity contribution is 5.83. The Hall–Kier alpha value is -1.75. The van der Waals surface area contributed by atoms with Crippen LogP contribution in [0.1, 0.15) is 18.9 Å². The van der Waals surface area contributed by atoms with Gasteiger partial charge in [0.05, 0.1) is 6.61 Å². The average Bonchev–Trinajstić information content (AvgIpc) is 2.74. The lowest BCUT2D eigenvalue weighted by Crippen LogP contribution is -2.29. The number of benzene rings is 1. The second-order valence-electron chi connectivity index (χ2n) is 4.91. The van der Waals surface area contributed by atoms with Gasteiger partial charge < -0.3 is 20.1 Å². The molecule has 1 aliphatic rings. The number of nitrogens with two attached hydrogens (primary N) is 1. The van der Waals surface area contributed by atoms with Gasteiger partial charge in [0.2, 0.25) is 0 Å². The first-order valence-electron chi connectivity index (χ1n) is 7.03. The molecule has 110 valence electrons. The molecule has 20 heavy (non-hydrogen) atoms. The normalized spacial score (nSPS) is 18.4. The molecule has 1 heterocycles. The van der Waals surface area contributed by atoms with Gasteiger partial charge in [-0.05, 0) is 37.6 Å². The maximum Gasteiger partial charge on any atom is 0.263 e. The molecule has 2 rings (SSSR count). The fourth-order valence-corrected chi connectivity index (χ4v) is 2.29. The Bertz CT molecular complexity index is 476. The number of ether oxygens (including phenoxy) is 2. The van der Waals surface area contributed by atoms with Crippen LogP contribution < -0.4 is 15.2 Å². The van der Waals surface area contributed by atoms with E-state index in [0.29, 0.717) is 31.1 Å². The molecular weight excluding hydrogens is 256 g/mol. The van der Waals surface area contributed by atoms with Gasteiger partial charge >= 0.3 is 0 Å². The lowest BCUT2D eigenvalue weighted by Gasteiger charge is -2.17. The molecule has 1 unspecified atom stereocenters. The van der Waals surface area contributed by atoms with Crippen molar-refractivity contribution in [2.24, 2.45) is 5.73 Å². The molecule has 1 atom stereocenters. The van der Waals surface area contributed by atoms with Crippen LogP contribution in [0.25, 0.3) is 0 Å². The maximum absolute atomic E-state index is 11.9. The van der Waals surface area contributed by atoms with Crippen molar-refractivity contribution < 1.29 is 14.3 Å². The fraction of sp³-hybridized carbons (Fsp3) is 0.533. The lowest BCUT2D eigenvalue weighted by atomic mass is 10.1. The topological polar surface area (TPSA) is 64.8 Å². The number of rotatable bonds is 6. The number of hydrogen-bond donors (Lipinski definition) is 1. The van der Waals surface area contributed by atoms with Crippen LogP contribution >= 0.6 is 0 Å². The number of likely N-dealkylation sites (N-methyl/N-ethyl adjacent to an activating group) is 1. The molecule has 5 heteroatoms. The first-order chi connectivity index (χ1) is 9.65. The second kappa shape index (κ2) is 6.61. The summed E-state index contributed by atoms with van der Waals surface area (Å²) in [5.74, 6) is 1.33. The molecule has 1 fully saturated rings. The van der Waals surface area contributed by atoms with Crippen LogP contribution in [0, 0.1) is 0 Å². The van der Waals surface area contributed by atoms with Crippen molar-refractivity contribution in [2.75, 3.05) is 26.7 Å². The number of hydrogen-bond acceptors (Lipinski definition) is 4. The fourth-order valence-electron chi connectivity index (χ4n) is 2.29. The molecule has 1 aromatic carbocycles. The summed E-state index contributed by atoms with van der Waals surface area (Å²) < 4.78 is 11.4. The van der Waals surface area contributed by atoms with Gasteiger partial charge in [0.25, 0.3) is 5.91 Å². The molecule has 0 aromatic heterocycles. The lowest BCUT2D eigenvalue weighted by molar-refractivity contribution is -0.132. The third kappa shape index (κ3) is 3.22. The van der Waals surface area contributed by atoms with Crippen LogP contribution in [0.2, 0.25) is 0 Å². The molecule has 0 spiro atoms. The van der Waals surface area contributed by atoms with Crippen molar-refractivity contribution in [3.8, 4) is 11.5 Å². The zero-order valence-corrected chi connectivity index (χ0v) is 12.1.